The topological polar surface area (TPSA) is 9.23 Å². The molecule has 0 N–H and O–H groups in total. The fourth-order valence-corrected chi connectivity index (χ4v) is 14.0. The largest absolute Gasteiger partial charge is 0.455 e. The molecular weight excluding hydrogens is 307 g/mol. The van der Waals surface area contributed by atoms with E-state index in [1.807, 2.05) is 0 Å². The quantitative estimate of drug-likeness (QED) is 0.402. The van der Waals surface area contributed by atoms with Crippen LogP contribution in [0.1, 0.15) is 13.3 Å². The van der Waals surface area contributed by atoms with Crippen molar-refractivity contribution >= 4 is 39.2 Å². The summed E-state index contributed by atoms with van der Waals surface area (Å²) in [6.07, 6.45) is 1.27. The molecule has 0 fully saturated rings. The summed E-state index contributed by atoms with van der Waals surface area (Å²) in [5.74, 6) is 0. The zero-order valence-corrected chi connectivity index (χ0v) is 13.8. The Morgan fingerprint density at radius 1 is 1.00 bits per heavy atom. The van der Waals surface area contributed by atoms with Gasteiger partial charge < -0.3 is 4.12 Å². The molecule has 0 saturated carbocycles. The maximum Gasteiger partial charge on any atom is 0.174 e. The highest BCUT2D eigenvalue weighted by Gasteiger charge is 2.31. The third-order valence-corrected chi connectivity index (χ3v) is 11.2. The molecule has 0 radical (unpaired) electrons. The van der Waals surface area contributed by atoms with Crippen molar-refractivity contribution in [2.75, 3.05) is 4.43 Å². The Labute approximate surface area is 99.0 Å². The molecule has 0 aliphatic rings. The first-order valence-corrected chi connectivity index (χ1v) is 12.8. The predicted octanol–water partition coefficient (Wildman–Crippen LogP) is 4.26. The van der Waals surface area contributed by atoms with Gasteiger partial charge in [-0.3, -0.25) is 0 Å². The van der Waals surface area contributed by atoms with Crippen molar-refractivity contribution in [2.24, 2.45) is 0 Å². The number of hydrogen-bond acceptors (Lipinski definition) is 1. The van der Waals surface area contributed by atoms with Crippen molar-refractivity contribution < 1.29 is 4.12 Å². The summed E-state index contributed by atoms with van der Waals surface area (Å²) >= 11 is 2.46. The average molecular weight is 330 g/mol. The predicted molar refractivity (Wildman–Crippen MR) is 74.8 cm³/mol. The van der Waals surface area contributed by atoms with Gasteiger partial charge in [-0.1, -0.05) is 35.9 Å². The maximum atomic E-state index is 6.38. The molecule has 0 atom stereocenters. The normalized spacial score (nSPS) is 13.4. The molecule has 0 heterocycles. The first-order valence-electron chi connectivity index (χ1n) is 5.09. The molecule has 1 nitrogen and oxygen atoms in total. The van der Waals surface area contributed by atoms with Crippen molar-refractivity contribution in [1.29, 1.82) is 0 Å². The van der Waals surface area contributed by atoms with Crippen LogP contribution in [0.4, 0.5) is 0 Å². The van der Waals surface area contributed by atoms with Gasteiger partial charge in [-0.05, 0) is 42.7 Å². The smallest absolute Gasteiger partial charge is 0.174 e. The second-order valence-corrected chi connectivity index (χ2v) is 14.7. The van der Waals surface area contributed by atoms with Crippen LogP contribution in [-0.4, -0.2) is 21.1 Å². The molecule has 0 rings (SSSR count). The lowest BCUT2D eigenvalue weighted by Crippen LogP contribution is -2.44. The van der Waals surface area contributed by atoms with Crippen LogP contribution in [0.3, 0.4) is 0 Å². The molecule has 0 aromatic rings. The lowest BCUT2D eigenvalue weighted by Gasteiger charge is -2.33. The molecule has 0 saturated heterocycles. The van der Waals surface area contributed by atoms with Gasteiger partial charge in [0.2, 0.25) is 0 Å². The van der Waals surface area contributed by atoms with E-state index in [0.717, 1.165) is 0 Å². The van der Waals surface area contributed by atoms with Gasteiger partial charge in [0.05, 0.1) is 0 Å². The summed E-state index contributed by atoms with van der Waals surface area (Å²) < 4.78 is 7.62. The number of halogens is 1. The zero-order chi connectivity index (χ0) is 10.5. The van der Waals surface area contributed by atoms with E-state index in [0.29, 0.717) is 0 Å². The Morgan fingerprint density at radius 2 is 1.46 bits per heavy atom. The summed E-state index contributed by atoms with van der Waals surface area (Å²) in [7, 11) is -2.64. The standard InChI is InChI=1S/C9H23IOSi2/c1-6-8-12(2,3)11-13(4,5)9-7-10/h6-9H2,1-5H3. The minimum Gasteiger partial charge on any atom is -0.455 e. The molecule has 0 spiro atoms. The Morgan fingerprint density at radius 3 is 1.85 bits per heavy atom. The fraction of sp³-hybridized carbons (Fsp3) is 1.00. The van der Waals surface area contributed by atoms with E-state index in [1.54, 1.807) is 0 Å². The third-order valence-electron chi connectivity index (χ3n) is 2.10. The number of alkyl halides is 1. The summed E-state index contributed by atoms with van der Waals surface area (Å²) in [6, 6.07) is 2.61. The minimum atomic E-state index is -1.32. The van der Waals surface area contributed by atoms with Gasteiger partial charge in [0.1, 0.15) is 0 Å². The van der Waals surface area contributed by atoms with E-state index in [9.17, 15) is 0 Å². The van der Waals surface area contributed by atoms with Gasteiger partial charge in [-0.15, -0.1) is 0 Å². The Hall–Kier alpha value is 1.12. The summed E-state index contributed by atoms with van der Waals surface area (Å²) in [6.45, 7) is 11.7. The first kappa shape index (κ1) is 14.1. The lowest BCUT2D eigenvalue weighted by molar-refractivity contribution is 0.539. The van der Waals surface area contributed by atoms with E-state index in [-0.39, 0.29) is 0 Å². The first-order chi connectivity index (χ1) is 5.83. The highest BCUT2D eigenvalue weighted by molar-refractivity contribution is 14.1. The van der Waals surface area contributed by atoms with E-state index >= 15 is 0 Å². The molecule has 0 bridgehead atoms. The molecule has 4 heteroatoms. The number of rotatable bonds is 6. The van der Waals surface area contributed by atoms with Crippen molar-refractivity contribution in [3.63, 3.8) is 0 Å². The van der Waals surface area contributed by atoms with Gasteiger partial charge in [-0.25, -0.2) is 0 Å². The monoisotopic (exact) mass is 330 g/mol. The van der Waals surface area contributed by atoms with E-state index in [1.165, 1.54) is 22.9 Å². The second-order valence-electron chi connectivity index (χ2n) is 4.81. The zero-order valence-electron chi connectivity index (χ0n) is 9.61. The van der Waals surface area contributed by atoms with E-state index in [2.05, 4.69) is 55.7 Å². The molecule has 0 aromatic carbocycles. The van der Waals surface area contributed by atoms with Crippen LogP contribution in [-0.2, 0) is 4.12 Å². The molecule has 0 aliphatic carbocycles. The molecule has 80 valence electrons. The second kappa shape index (κ2) is 5.87. The van der Waals surface area contributed by atoms with Crippen LogP contribution in [0, 0.1) is 0 Å². The number of hydrogen-bond donors (Lipinski definition) is 0. The lowest BCUT2D eigenvalue weighted by atomic mass is 10.6. The van der Waals surface area contributed by atoms with Gasteiger partial charge in [-0.2, -0.15) is 0 Å². The van der Waals surface area contributed by atoms with E-state index in [4.69, 9.17) is 4.12 Å². The molecule has 0 aromatic heterocycles. The SMILES string of the molecule is CCC[Si](C)(C)O[Si](C)(C)CCI. The third kappa shape index (κ3) is 7.10. The molecular formula is C9H23IOSi2. The van der Waals surface area contributed by atoms with Crippen LogP contribution in [0.2, 0.25) is 38.3 Å². The van der Waals surface area contributed by atoms with Gasteiger partial charge >= 0.3 is 0 Å². The van der Waals surface area contributed by atoms with Crippen molar-refractivity contribution in [1.82, 2.24) is 0 Å². The van der Waals surface area contributed by atoms with E-state index < -0.39 is 16.6 Å². The maximum absolute atomic E-state index is 6.38. The minimum absolute atomic E-state index is 1.24. The molecule has 0 unspecified atom stereocenters. The van der Waals surface area contributed by atoms with Crippen molar-refractivity contribution in [3.8, 4) is 0 Å². The van der Waals surface area contributed by atoms with Crippen molar-refractivity contribution in [2.45, 2.75) is 51.6 Å². The Balaban J connectivity index is 4.07. The van der Waals surface area contributed by atoms with Gasteiger partial charge in [0, 0.05) is 0 Å². The van der Waals surface area contributed by atoms with Crippen LogP contribution in [0.15, 0.2) is 0 Å². The van der Waals surface area contributed by atoms with Crippen molar-refractivity contribution in [3.05, 3.63) is 0 Å². The van der Waals surface area contributed by atoms with Crippen LogP contribution in [0.25, 0.3) is 0 Å². The highest BCUT2D eigenvalue weighted by Crippen LogP contribution is 2.22. The highest BCUT2D eigenvalue weighted by atomic mass is 127. The van der Waals surface area contributed by atoms with Crippen LogP contribution < -0.4 is 0 Å². The Kier molecular flexibility index (Phi) is 6.38. The molecule has 0 amide bonds. The Bertz CT molecular complexity index is 133. The summed E-state index contributed by atoms with van der Waals surface area (Å²) in [5.41, 5.74) is 0. The van der Waals surface area contributed by atoms with Gasteiger partial charge in [0.25, 0.3) is 0 Å². The molecule has 13 heavy (non-hydrogen) atoms. The van der Waals surface area contributed by atoms with Gasteiger partial charge in [0.15, 0.2) is 16.6 Å². The van der Waals surface area contributed by atoms with Crippen LogP contribution in [0.5, 0.6) is 0 Å². The molecule has 0 aliphatic heterocycles. The summed E-state index contributed by atoms with van der Waals surface area (Å²) in [5, 5.41) is 0. The average Bonchev–Trinajstić information content (AvgIpc) is 1.82. The fourth-order valence-electron chi connectivity index (χ4n) is 1.68. The summed E-state index contributed by atoms with van der Waals surface area (Å²) in [4.78, 5) is 0. The van der Waals surface area contributed by atoms with Crippen LogP contribution >= 0.6 is 22.6 Å².